The van der Waals surface area contributed by atoms with Crippen molar-refractivity contribution in [3.05, 3.63) is 64.1 Å². The van der Waals surface area contributed by atoms with Crippen LogP contribution in [-0.4, -0.2) is 19.6 Å². The van der Waals surface area contributed by atoms with Crippen LogP contribution in [0.15, 0.2) is 47.8 Å². The fourth-order valence-electron chi connectivity index (χ4n) is 3.59. The van der Waals surface area contributed by atoms with E-state index in [1.54, 1.807) is 30.6 Å². The van der Waals surface area contributed by atoms with E-state index in [2.05, 4.69) is 5.32 Å². The third kappa shape index (κ3) is 3.24. The highest BCUT2D eigenvalue weighted by Crippen LogP contribution is 2.49. The number of carbonyl (C=O) groups is 1. The van der Waals surface area contributed by atoms with Crippen molar-refractivity contribution in [2.24, 2.45) is 0 Å². The number of thiophene rings is 1. The lowest BCUT2D eigenvalue weighted by molar-refractivity contribution is -0.116. The summed E-state index contributed by atoms with van der Waals surface area (Å²) >= 11 is 1.59. The summed E-state index contributed by atoms with van der Waals surface area (Å²) < 4.78 is 24.7. The molecule has 1 unspecified atom stereocenters. The van der Waals surface area contributed by atoms with E-state index < -0.39 is 0 Å². The van der Waals surface area contributed by atoms with Crippen molar-refractivity contribution >= 4 is 22.9 Å². The third-order valence-electron chi connectivity index (χ3n) is 4.84. The second-order valence-corrected chi connectivity index (χ2v) is 7.42. The number of methoxy groups -OCH3 is 1. The van der Waals surface area contributed by atoms with Crippen LogP contribution in [0, 0.1) is 5.82 Å². The molecule has 4 nitrogen and oxygen atoms in total. The molecule has 1 aliphatic rings. The highest BCUT2D eigenvalue weighted by molar-refractivity contribution is 7.11. The van der Waals surface area contributed by atoms with Gasteiger partial charge in [0.15, 0.2) is 11.5 Å². The first-order chi connectivity index (χ1) is 13.6. The lowest BCUT2D eigenvalue weighted by Crippen LogP contribution is -2.23. The fraction of sp³-hybridized carbons (Fsp3) is 0.227. The van der Waals surface area contributed by atoms with E-state index in [0.29, 0.717) is 24.5 Å². The molecule has 3 aromatic rings. The highest BCUT2D eigenvalue weighted by Gasteiger charge is 2.33. The van der Waals surface area contributed by atoms with Gasteiger partial charge >= 0.3 is 0 Å². The van der Waals surface area contributed by atoms with Gasteiger partial charge in [-0.15, -0.1) is 11.3 Å². The zero-order valence-corrected chi connectivity index (χ0v) is 16.4. The van der Waals surface area contributed by atoms with Gasteiger partial charge in [-0.05, 0) is 30.7 Å². The maximum absolute atomic E-state index is 13.3. The van der Waals surface area contributed by atoms with Gasteiger partial charge < -0.3 is 14.8 Å². The molecule has 0 aliphatic carbocycles. The van der Waals surface area contributed by atoms with E-state index in [9.17, 15) is 9.18 Å². The zero-order valence-electron chi connectivity index (χ0n) is 15.6. The standard InChI is InChI=1S/C22H20FNO3S/c1-3-27-21-15(5-4-6-18(21)26-2)16-11-19(25)24-20-17(12-28-22(16)20)13-7-9-14(23)10-8-13/h4-10,12,16H,3,11H2,1-2H3,(H,24,25). The topological polar surface area (TPSA) is 47.6 Å². The van der Waals surface area contributed by atoms with Crippen LogP contribution in [0.1, 0.15) is 29.7 Å². The molecule has 2 heterocycles. The molecule has 0 spiro atoms. The zero-order chi connectivity index (χ0) is 19.7. The van der Waals surface area contributed by atoms with Crippen LogP contribution in [0.2, 0.25) is 0 Å². The minimum Gasteiger partial charge on any atom is -0.493 e. The maximum atomic E-state index is 13.3. The summed E-state index contributed by atoms with van der Waals surface area (Å²) in [6, 6.07) is 12.1. The number of fused-ring (bicyclic) bond motifs is 1. The molecular formula is C22H20FNO3S. The molecule has 2 aromatic carbocycles. The fourth-order valence-corrected chi connectivity index (χ4v) is 4.74. The van der Waals surface area contributed by atoms with Gasteiger partial charge in [-0.25, -0.2) is 4.39 Å². The number of benzene rings is 2. The van der Waals surface area contributed by atoms with Crippen LogP contribution >= 0.6 is 11.3 Å². The highest BCUT2D eigenvalue weighted by atomic mass is 32.1. The Balaban J connectivity index is 1.83. The molecule has 0 fully saturated rings. The van der Waals surface area contributed by atoms with E-state index >= 15 is 0 Å². The Morgan fingerprint density at radius 3 is 2.71 bits per heavy atom. The lowest BCUT2D eigenvalue weighted by atomic mass is 9.88. The molecule has 144 valence electrons. The summed E-state index contributed by atoms with van der Waals surface area (Å²) in [4.78, 5) is 13.6. The molecule has 0 bridgehead atoms. The van der Waals surface area contributed by atoms with Crippen molar-refractivity contribution in [1.82, 2.24) is 0 Å². The molecule has 0 saturated carbocycles. The van der Waals surface area contributed by atoms with Gasteiger partial charge in [-0.2, -0.15) is 0 Å². The Morgan fingerprint density at radius 1 is 1.21 bits per heavy atom. The van der Waals surface area contributed by atoms with Gasteiger partial charge in [0.05, 0.1) is 19.4 Å². The average Bonchev–Trinajstić information content (AvgIpc) is 3.12. The molecule has 0 saturated heterocycles. The summed E-state index contributed by atoms with van der Waals surface area (Å²) in [6.45, 7) is 2.43. The van der Waals surface area contributed by atoms with E-state index in [1.165, 1.54) is 12.1 Å². The average molecular weight is 397 g/mol. The van der Waals surface area contributed by atoms with Crippen molar-refractivity contribution < 1.29 is 18.7 Å². The number of anilines is 1. The molecule has 1 aliphatic heterocycles. The monoisotopic (exact) mass is 397 g/mol. The number of halogens is 1. The van der Waals surface area contributed by atoms with Gasteiger partial charge in [0.1, 0.15) is 5.82 Å². The Labute approximate surface area is 166 Å². The first-order valence-corrected chi connectivity index (χ1v) is 9.97. The lowest BCUT2D eigenvalue weighted by Gasteiger charge is -2.26. The van der Waals surface area contributed by atoms with E-state index in [-0.39, 0.29) is 17.6 Å². The molecule has 0 radical (unpaired) electrons. The number of ether oxygens (including phenoxy) is 2. The Kier molecular flexibility index (Phi) is 5.05. The van der Waals surface area contributed by atoms with E-state index in [4.69, 9.17) is 9.47 Å². The second-order valence-electron chi connectivity index (χ2n) is 6.51. The molecule has 1 N–H and O–H groups in total. The molecule has 1 atom stereocenters. The summed E-state index contributed by atoms with van der Waals surface area (Å²) in [5.74, 6) is 0.869. The van der Waals surface area contributed by atoms with Gasteiger partial charge in [-0.3, -0.25) is 4.79 Å². The molecule has 6 heteroatoms. The van der Waals surface area contributed by atoms with Crippen LogP contribution in [0.5, 0.6) is 11.5 Å². The Bertz CT molecular complexity index is 1010. The van der Waals surface area contributed by atoms with Crippen molar-refractivity contribution in [1.29, 1.82) is 0 Å². The number of amides is 1. The SMILES string of the molecule is CCOc1c(OC)cccc1C1CC(=O)Nc2c(-c3ccc(F)cc3)csc21. The van der Waals surface area contributed by atoms with Crippen molar-refractivity contribution in [2.45, 2.75) is 19.3 Å². The third-order valence-corrected chi connectivity index (χ3v) is 5.93. The predicted octanol–water partition coefficient (Wildman–Crippen LogP) is 5.44. The van der Waals surface area contributed by atoms with Crippen LogP contribution < -0.4 is 14.8 Å². The van der Waals surface area contributed by atoms with E-state index in [1.807, 2.05) is 30.5 Å². The van der Waals surface area contributed by atoms with Crippen LogP contribution in [0.4, 0.5) is 10.1 Å². The minimum absolute atomic E-state index is 0.0514. The first-order valence-electron chi connectivity index (χ1n) is 9.09. The number of hydrogen-bond donors (Lipinski definition) is 1. The summed E-state index contributed by atoms with van der Waals surface area (Å²) in [7, 11) is 1.61. The Hall–Kier alpha value is -2.86. The maximum Gasteiger partial charge on any atom is 0.225 e. The van der Waals surface area contributed by atoms with Crippen molar-refractivity contribution in [3.8, 4) is 22.6 Å². The predicted molar refractivity (Wildman–Crippen MR) is 109 cm³/mol. The molecule has 1 aromatic heterocycles. The van der Waals surface area contributed by atoms with E-state index in [0.717, 1.165) is 27.3 Å². The van der Waals surface area contributed by atoms with Gasteiger partial charge in [0.25, 0.3) is 0 Å². The number of nitrogens with one attached hydrogen (secondary N) is 1. The Morgan fingerprint density at radius 2 is 2.00 bits per heavy atom. The summed E-state index contributed by atoms with van der Waals surface area (Å²) in [6.07, 6.45) is 0.337. The smallest absolute Gasteiger partial charge is 0.225 e. The van der Waals surface area contributed by atoms with Crippen molar-refractivity contribution in [2.75, 3.05) is 19.0 Å². The normalized spacial score (nSPS) is 15.7. The quantitative estimate of drug-likeness (QED) is 0.624. The molecule has 1 amide bonds. The first kappa shape index (κ1) is 18.5. The van der Waals surface area contributed by atoms with Gasteiger partial charge in [0.2, 0.25) is 5.91 Å². The van der Waals surface area contributed by atoms with Gasteiger partial charge in [-0.1, -0.05) is 24.3 Å². The van der Waals surface area contributed by atoms with Crippen molar-refractivity contribution in [3.63, 3.8) is 0 Å². The molecule has 28 heavy (non-hydrogen) atoms. The summed E-state index contributed by atoms with van der Waals surface area (Å²) in [5, 5.41) is 5.02. The van der Waals surface area contributed by atoms with Crippen LogP contribution in [0.25, 0.3) is 11.1 Å². The van der Waals surface area contributed by atoms with Gasteiger partial charge in [0, 0.05) is 33.7 Å². The number of para-hydroxylation sites is 1. The number of rotatable bonds is 5. The largest absolute Gasteiger partial charge is 0.493 e. The molecule has 4 rings (SSSR count). The minimum atomic E-state index is -0.285. The number of carbonyl (C=O) groups excluding carboxylic acids is 1. The van der Waals surface area contributed by atoms with Crippen LogP contribution in [0.3, 0.4) is 0 Å². The number of hydrogen-bond acceptors (Lipinski definition) is 4. The second kappa shape index (κ2) is 7.64. The molecular weight excluding hydrogens is 377 g/mol. The summed E-state index contributed by atoms with van der Waals surface area (Å²) in [5.41, 5.74) is 3.50. The van der Waals surface area contributed by atoms with Crippen LogP contribution in [-0.2, 0) is 4.79 Å².